The number of halogens is 1. The van der Waals surface area contributed by atoms with Crippen molar-refractivity contribution in [3.8, 4) is 0 Å². The maximum Gasteiger partial charge on any atom is 0.229 e. The van der Waals surface area contributed by atoms with E-state index in [2.05, 4.69) is 26.1 Å². The van der Waals surface area contributed by atoms with Crippen LogP contribution in [0.5, 0.6) is 0 Å². The van der Waals surface area contributed by atoms with Crippen molar-refractivity contribution in [2.45, 2.75) is 30.1 Å². The molecule has 0 saturated heterocycles. The number of thioether (sulfide) groups is 1. The Morgan fingerprint density at radius 2 is 2.11 bits per heavy atom. The average Bonchev–Trinajstić information content (AvgIpc) is 2.75. The average molecular weight is 329 g/mol. The first-order valence-corrected chi connectivity index (χ1v) is 7.29. The second-order valence-electron chi connectivity index (χ2n) is 3.90. The molecule has 4 nitrogen and oxygen atoms in total. The third kappa shape index (κ3) is 4.12. The summed E-state index contributed by atoms with van der Waals surface area (Å²) in [7, 11) is 0. The molecule has 0 aliphatic carbocycles. The van der Waals surface area contributed by atoms with Crippen LogP contribution >= 0.6 is 27.7 Å². The molecule has 2 rings (SSSR count). The van der Waals surface area contributed by atoms with Crippen LogP contribution in [0.15, 0.2) is 38.2 Å². The SMILES string of the molecule is CC(O)Cc1nc(CSc2ccc(Br)cc2)no1. The molecular weight excluding hydrogens is 316 g/mol. The van der Waals surface area contributed by atoms with E-state index in [9.17, 15) is 5.11 Å². The highest BCUT2D eigenvalue weighted by Gasteiger charge is 2.09. The molecule has 96 valence electrons. The molecule has 0 bridgehead atoms. The summed E-state index contributed by atoms with van der Waals surface area (Å²) in [6.45, 7) is 1.69. The Kier molecular flexibility index (Phi) is 4.79. The van der Waals surface area contributed by atoms with Gasteiger partial charge in [0.15, 0.2) is 5.82 Å². The quantitative estimate of drug-likeness (QED) is 0.855. The number of aliphatic hydroxyl groups is 1. The standard InChI is InChI=1S/C12H13BrN2O2S/c1-8(16)6-12-14-11(15-17-12)7-18-10-4-2-9(13)3-5-10/h2-5,8,16H,6-7H2,1H3. The monoisotopic (exact) mass is 328 g/mol. The van der Waals surface area contributed by atoms with Crippen LogP contribution in [0.4, 0.5) is 0 Å². The van der Waals surface area contributed by atoms with Crippen LogP contribution in [0, 0.1) is 0 Å². The molecule has 1 unspecified atom stereocenters. The van der Waals surface area contributed by atoms with Crippen molar-refractivity contribution >= 4 is 27.7 Å². The lowest BCUT2D eigenvalue weighted by Crippen LogP contribution is -2.04. The van der Waals surface area contributed by atoms with E-state index < -0.39 is 6.10 Å². The molecule has 0 radical (unpaired) electrons. The van der Waals surface area contributed by atoms with Crippen LogP contribution in [0.25, 0.3) is 0 Å². The lowest BCUT2D eigenvalue weighted by molar-refractivity contribution is 0.181. The topological polar surface area (TPSA) is 59.2 Å². The molecule has 1 heterocycles. The Morgan fingerprint density at radius 1 is 1.39 bits per heavy atom. The first-order valence-electron chi connectivity index (χ1n) is 5.51. The van der Waals surface area contributed by atoms with E-state index >= 15 is 0 Å². The Balaban J connectivity index is 1.90. The fourth-order valence-electron chi connectivity index (χ4n) is 1.36. The van der Waals surface area contributed by atoms with Crippen molar-refractivity contribution in [2.24, 2.45) is 0 Å². The number of hydrogen-bond acceptors (Lipinski definition) is 5. The Labute approximate surface area is 118 Å². The molecule has 6 heteroatoms. The van der Waals surface area contributed by atoms with Crippen LogP contribution in [0.3, 0.4) is 0 Å². The number of hydrogen-bond donors (Lipinski definition) is 1. The van der Waals surface area contributed by atoms with Crippen LogP contribution in [-0.4, -0.2) is 21.4 Å². The zero-order valence-corrected chi connectivity index (χ0v) is 12.2. The fourth-order valence-corrected chi connectivity index (χ4v) is 2.37. The van der Waals surface area contributed by atoms with Crippen molar-refractivity contribution in [3.05, 3.63) is 40.5 Å². The van der Waals surface area contributed by atoms with Crippen molar-refractivity contribution in [1.29, 1.82) is 0 Å². The van der Waals surface area contributed by atoms with Crippen LogP contribution in [-0.2, 0) is 12.2 Å². The summed E-state index contributed by atoms with van der Waals surface area (Å²) in [5, 5.41) is 13.1. The van der Waals surface area contributed by atoms with Gasteiger partial charge in [-0.15, -0.1) is 11.8 Å². The van der Waals surface area contributed by atoms with E-state index in [0.29, 0.717) is 23.9 Å². The van der Waals surface area contributed by atoms with Gasteiger partial charge in [0.25, 0.3) is 0 Å². The normalized spacial score (nSPS) is 12.6. The summed E-state index contributed by atoms with van der Waals surface area (Å²) < 4.78 is 6.10. The van der Waals surface area contributed by atoms with E-state index in [1.807, 2.05) is 24.3 Å². The highest BCUT2D eigenvalue weighted by molar-refractivity contribution is 9.10. The Hall–Kier alpha value is -0.850. The largest absolute Gasteiger partial charge is 0.393 e. The van der Waals surface area contributed by atoms with E-state index in [-0.39, 0.29) is 0 Å². The lowest BCUT2D eigenvalue weighted by Gasteiger charge is -1.98. The first-order chi connectivity index (χ1) is 8.63. The predicted molar refractivity (Wildman–Crippen MR) is 73.4 cm³/mol. The van der Waals surface area contributed by atoms with Gasteiger partial charge in [0.05, 0.1) is 18.3 Å². The molecule has 0 aliphatic heterocycles. The van der Waals surface area contributed by atoms with Crippen molar-refractivity contribution in [3.63, 3.8) is 0 Å². The summed E-state index contributed by atoms with van der Waals surface area (Å²) in [5.74, 6) is 1.79. The predicted octanol–water partition coefficient (Wildman–Crippen LogP) is 3.05. The summed E-state index contributed by atoms with van der Waals surface area (Å²) in [5.41, 5.74) is 0. The number of aliphatic hydroxyl groups excluding tert-OH is 1. The number of nitrogens with zero attached hydrogens (tertiary/aromatic N) is 2. The molecule has 1 aromatic heterocycles. The van der Waals surface area contributed by atoms with Gasteiger partial charge >= 0.3 is 0 Å². The second kappa shape index (κ2) is 6.36. The van der Waals surface area contributed by atoms with Crippen molar-refractivity contribution in [1.82, 2.24) is 10.1 Å². The summed E-state index contributed by atoms with van der Waals surface area (Å²) in [6, 6.07) is 8.06. The lowest BCUT2D eigenvalue weighted by atomic mass is 10.3. The molecule has 0 aliphatic rings. The van der Waals surface area contributed by atoms with Crippen LogP contribution < -0.4 is 0 Å². The summed E-state index contributed by atoms with van der Waals surface area (Å²) >= 11 is 5.04. The molecule has 1 N–H and O–H groups in total. The maximum absolute atomic E-state index is 9.21. The maximum atomic E-state index is 9.21. The van der Waals surface area contributed by atoms with Gasteiger partial charge in [-0.25, -0.2) is 0 Å². The number of rotatable bonds is 5. The molecule has 2 aromatic rings. The van der Waals surface area contributed by atoms with Gasteiger partial charge in [-0.3, -0.25) is 0 Å². The Bertz CT molecular complexity index is 499. The zero-order chi connectivity index (χ0) is 13.0. The van der Waals surface area contributed by atoms with E-state index in [0.717, 1.165) is 9.37 Å². The highest BCUT2D eigenvalue weighted by Crippen LogP contribution is 2.23. The van der Waals surface area contributed by atoms with Gasteiger partial charge < -0.3 is 9.63 Å². The highest BCUT2D eigenvalue weighted by atomic mass is 79.9. The van der Waals surface area contributed by atoms with E-state index in [1.165, 1.54) is 0 Å². The number of aromatic nitrogens is 2. The summed E-state index contributed by atoms with van der Waals surface area (Å²) in [4.78, 5) is 5.37. The minimum atomic E-state index is -0.461. The Morgan fingerprint density at radius 3 is 2.78 bits per heavy atom. The minimum Gasteiger partial charge on any atom is -0.393 e. The molecule has 0 amide bonds. The van der Waals surface area contributed by atoms with Gasteiger partial charge in [-0.05, 0) is 31.2 Å². The van der Waals surface area contributed by atoms with Crippen LogP contribution in [0.2, 0.25) is 0 Å². The molecule has 1 aromatic carbocycles. The third-order valence-electron chi connectivity index (χ3n) is 2.16. The third-order valence-corrected chi connectivity index (χ3v) is 3.70. The second-order valence-corrected chi connectivity index (χ2v) is 5.86. The van der Waals surface area contributed by atoms with E-state index in [1.54, 1.807) is 18.7 Å². The van der Waals surface area contributed by atoms with Crippen molar-refractivity contribution in [2.75, 3.05) is 0 Å². The molecule has 18 heavy (non-hydrogen) atoms. The first kappa shape index (κ1) is 13.6. The fraction of sp³-hybridized carbons (Fsp3) is 0.333. The van der Waals surface area contributed by atoms with E-state index in [4.69, 9.17) is 4.52 Å². The van der Waals surface area contributed by atoms with Crippen LogP contribution in [0.1, 0.15) is 18.6 Å². The molecule has 1 atom stereocenters. The molecule has 0 spiro atoms. The van der Waals surface area contributed by atoms with Gasteiger partial charge in [0.1, 0.15) is 0 Å². The molecule has 0 fully saturated rings. The van der Waals surface area contributed by atoms with Gasteiger partial charge in [0.2, 0.25) is 5.89 Å². The van der Waals surface area contributed by atoms with Gasteiger partial charge in [-0.2, -0.15) is 4.98 Å². The van der Waals surface area contributed by atoms with Gasteiger partial charge in [-0.1, -0.05) is 21.1 Å². The zero-order valence-electron chi connectivity index (χ0n) is 9.84. The summed E-state index contributed by atoms with van der Waals surface area (Å²) in [6.07, 6.45) is -0.0620. The van der Waals surface area contributed by atoms with Gasteiger partial charge in [0, 0.05) is 9.37 Å². The molecular formula is C12H13BrN2O2S. The number of benzene rings is 1. The molecule has 0 saturated carbocycles. The minimum absolute atomic E-state index is 0.399. The van der Waals surface area contributed by atoms with Crippen molar-refractivity contribution < 1.29 is 9.63 Å². The smallest absolute Gasteiger partial charge is 0.229 e.